The molecule has 0 aromatic heterocycles. The maximum absolute atomic E-state index is 14.7. The number of hydrogen-bond acceptors (Lipinski definition) is 1. The third-order valence-corrected chi connectivity index (χ3v) is 6.37. The van der Waals surface area contributed by atoms with Gasteiger partial charge in [0, 0.05) is 9.89 Å². The summed E-state index contributed by atoms with van der Waals surface area (Å²) in [4.78, 5) is 0. The molecule has 2 aliphatic carbocycles. The van der Waals surface area contributed by atoms with E-state index in [9.17, 15) is 4.48 Å². The zero-order chi connectivity index (χ0) is 19.7. The molecule has 0 bridgehead atoms. The largest absolute Gasteiger partial charge is 0.208 e. The summed E-state index contributed by atoms with van der Waals surface area (Å²) in [7, 11) is 0. The van der Waals surface area contributed by atoms with Crippen molar-refractivity contribution < 1.29 is 4.48 Å². The molecule has 0 aliphatic heterocycles. The summed E-state index contributed by atoms with van der Waals surface area (Å²) in [6.07, 6.45) is 13.2. The molecular weight excluding hydrogens is 413 g/mol. The van der Waals surface area contributed by atoms with Gasteiger partial charge in [-0.05, 0) is 66.3 Å². The standard InChI is InChI=1S/C25H23BrFN/c1-3-4-5-6-7-12-28(27)23-11-9-19-13-18(2)25(24(19)15-23)16-20-8-10-22(26)14-21(20)17-25/h3-11,13-15H,1,12,16-17H2,2H3/b5-4-,7-6-. The van der Waals surface area contributed by atoms with Crippen LogP contribution in [-0.4, -0.2) is 6.54 Å². The normalized spacial score (nSPS) is 20.0. The van der Waals surface area contributed by atoms with Crippen LogP contribution in [0.2, 0.25) is 0 Å². The average molecular weight is 436 g/mol. The summed E-state index contributed by atoms with van der Waals surface area (Å²) < 4.78 is 15.8. The summed E-state index contributed by atoms with van der Waals surface area (Å²) >= 11 is 3.59. The summed E-state index contributed by atoms with van der Waals surface area (Å²) in [5.74, 6) is 0. The first kappa shape index (κ1) is 18.9. The van der Waals surface area contributed by atoms with Crippen molar-refractivity contribution >= 4 is 27.7 Å². The van der Waals surface area contributed by atoms with Crippen molar-refractivity contribution in [2.24, 2.45) is 0 Å². The van der Waals surface area contributed by atoms with E-state index in [2.05, 4.69) is 59.8 Å². The molecule has 3 heteroatoms. The van der Waals surface area contributed by atoms with Gasteiger partial charge in [-0.25, -0.2) is 5.12 Å². The molecule has 142 valence electrons. The molecular formula is C25H23BrFN. The fourth-order valence-electron chi connectivity index (χ4n) is 4.41. The fourth-order valence-corrected chi connectivity index (χ4v) is 4.82. The quantitative estimate of drug-likeness (QED) is 0.364. The average Bonchev–Trinajstić information content (AvgIpc) is 3.19. The zero-order valence-electron chi connectivity index (χ0n) is 16.0. The van der Waals surface area contributed by atoms with Gasteiger partial charge in [0.2, 0.25) is 0 Å². The topological polar surface area (TPSA) is 3.24 Å². The number of benzene rings is 2. The van der Waals surface area contributed by atoms with Gasteiger partial charge in [-0.2, -0.15) is 0 Å². The van der Waals surface area contributed by atoms with Crippen LogP contribution in [0.4, 0.5) is 10.2 Å². The second-order valence-corrected chi connectivity index (χ2v) is 8.46. The van der Waals surface area contributed by atoms with Gasteiger partial charge in [-0.3, -0.25) is 0 Å². The maximum atomic E-state index is 14.7. The minimum atomic E-state index is -0.0438. The van der Waals surface area contributed by atoms with Crippen LogP contribution in [0.25, 0.3) is 6.08 Å². The smallest absolute Gasteiger partial charge is 0.0694 e. The van der Waals surface area contributed by atoms with Gasteiger partial charge < -0.3 is 0 Å². The lowest BCUT2D eigenvalue weighted by Crippen LogP contribution is -2.26. The summed E-state index contributed by atoms with van der Waals surface area (Å²) in [6.45, 7) is 6.05. The third-order valence-electron chi connectivity index (χ3n) is 5.87. The van der Waals surface area contributed by atoms with Crippen LogP contribution >= 0.6 is 15.9 Å². The zero-order valence-corrected chi connectivity index (χ0v) is 17.5. The molecule has 1 nitrogen and oxygen atoms in total. The third kappa shape index (κ3) is 3.29. The number of hydrogen-bond donors (Lipinski definition) is 0. The van der Waals surface area contributed by atoms with Gasteiger partial charge in [0.25, 0.3) is 0 Å². The number of rotatable bonds is 5. The first-order valence-corrected chi connectivity index (χ1v) is 10.3. The van der Waals surface area contributed by atoms with Crippen LogP contribution in [0.3, 0.4) is 0 Å². The highest BCUT2D eigenvalue weighted by Gasteiger charge is 2.44. The molecule has 2 aliphatic rings. The van der Waals surface area contributed by atoms with Crippen molar-refractivity contribution in [2.45, 2.75) is 25.2 Å². The van der Waals surface area contributed by atoms with Crippen LogP contribution in [-0.2, 0) is 18.3 Å². The van der Waals surface area contributed by atoms with Gasteiger partial charge in [0.15, 0.2) is 0 Å². The van der Waals surface area contributed by atoms with Gasteiger partial charge in [-0.15, -0.1) is 0 Å². The van der Waals surface area contributed by atoms with Crippen molar-refractivity contribution in [3.63, 3.8) is 0 Å². The number of anilines is 1. The van der Waals surface area contributed by atoms with Crippen molar-refractivity contribution in [3.05, 3.63) is 106 Å². The summed E-state index contributed by atoms with van der Waals surface area (Å²) in [5, 5.41) is 0.804. The minimum absolute atomic E-state index is 0.0438. The highest BCUT2D eigenvalue weighted by molar-refractivity contribution is 9.10. The molecule has 1 spiro atoms. The summed E-state index contributed by atoms with van der Waals surface area (Å²) in [6, 6.07) is 12.5. The van der Waals surface area contributed by atoms with Crippen LogP contribution in [0.5, 0.6) is 0 Å². The number of allylic oxidation sites excluding steroid dienone is 5. The van der Waals surface area contributed by atoms with E-state index in [1.807, 2.05) is 30.4 Å². The molecule has 0 saturated carbocycles. The Labute approximate surface area is 174 Å². The molecule has 0 saturated heterocycles. The minimum Gasteiger partial charge on any atom is -0.208 e. The first-order chi connectivity index (χ1) is 13.5. The monoisotopic (exact) mass is 435 g/mol. The predicted octanol–water partition coefficient (Wildman–Crippen LogP) is 6.89. The van der Waals surface area contributed by atoms with E-state index in [0.29, 0.717) is 5.69 Å². The molecule has 1 unspecified atom stereocenters. The highest BCUT2D eigenvalue weighted by atomic mass is 79.9. The lowest BCUT2D eigenvalue weighted by Gasteiger charge is -2.28. The predicted molar refractivity (Wildman–Crippen MR) is 120 cm³/mol. The maximum Gasteiger partial charge on any atom is 0.0694 e. The second-order valence-electron chi connectivity index (χ2n) is 7.54. The Kier molecular flexibility index (Phi) is 5.11. The van der Waals surface area contributed by atoms with E-state index in [1.54, 1.807) is 12.2 Å². The fraction of sp³-hybridized carbons (Fsp3) is 0.200. The molecule has 1 atom stereocenters. The Morgan fingerprint density at radius 3 is 2.75 bits per heavy atom. The lowest BCUT2D eigenvalue weighted by atomic mass is 9.75. The Morgan fingerprint density at radius 2 is 1.93 bits per heavy atom. The van der Waals surface area contributed by atoms with E-state index in [0.717, 1.165) is 22.4 Å². The van der Waals surface area contributed by atoms with Crippen LogP contribution in [0.1, 0.15) is 29.2 Å². The molecule has 0 N–H and O–H groups in total. The molecule has 0 amide bonds. The van der Waals surface area contributed by atoms with Gasteiger partial charge in [-0.1, -0.05) is 81.2 Å². The van der Waals surface area contributed by atoms with Crippen LogP contribution < -0.4 is 5.12 Å². The SMILES string of the molecule is C=C/C=C\C=C/CN(F)c1ccc2c(c1)C1(Cc3ccc(Br)cc3C1)C(C)=C2. The summed E-state index contributed by atoms with van der Waals surface area (Å²) in [5.41, 5.74) is 7.16. The molecule has 4 rings (SSSR count). The van der Waals surface area contributed by atoms with Crippen molar-refractivity contribution in [1.29, 1.82) is 0 Å². The van der Waals surface area contributed by atoms with Crippen molar-refractivity contribution in [1.82, 2.24) is 0 Å². The molecule has 2 aromatic rings. The highest BCUT2D eigenvalue weighted by Crippen LogP contribution is 2.51. The number of fused-ring (bicyclic) bond motifs is 3. The molecule has 2 aromatic carbocycles. The Balaban J connectivity index is 1.62. The van der Waals surface area contributed by atoms with Crippen LogP contribution in [0.15, 0.2) is 83.4 Å². The Morgan fingerprint density at radius 1 is 1.11 bits per heavy atom. The van der Waals surface area contributed by atoms with Gasteiger partial charge in [0.1, 0.15) is 0 Å². The van der Waals surface area contributed by atoms with E-state index in [1.165, 1.54) is 27.8 Å². The first-order valence-electron chi connectivity index (χ1n) is 9.52. The molecule has 28 heavy (non-hydrogen) atoms. The molecule has 0 radical (unpaired) electrons. The lowest BCUT2D eigenvalue weighted by molar-refractivity contribution is 0.454. The van der Waals surface area contributed by atoms with Gasteiger partial charge in [0.05, 0.1) is 12.2 Å². The Hall–Kier alpha value is -2.39. The van der Waals surface area contributed by atoms with E-state index in [-0.39, 0.29) is 12.0 Å². The van der Waals surface area contributed by atoms with E-state index in [4.69, 9.17) is 0 Å². The number of nitrogens with zero attached hydrogens (tertiary/aromatic N) is 1. The molecule has 0 fully saturated rings. The van der Waals surface area contributed by atoms with Crippen molar-refractivity contribution in [2.75, 3.05) is 11.7 Å². The van der Waals surface area contributed by atoms with E-state index < -0.39 is 0 Å². The Bertz CT molecular complexity index is 1020. The van der Waals surface area contributed by atoms with Gasteiger partial charge >= 0.3 is 0 Å². The van der Waals surface area contributed by atoms with Crippen LogP contribution in [0, 0.1) is 0 Å². The number of halogens is 2. The molecule has 0 heterocycles. The van der Waals surface area contributed by atoms with Crippen molar-refractivity contribution in [3.8, 4) is 0 Å². The van der Waals surface area contributed by atoms with E-state index >= 15 is 0 Å². The second kappa shape index (κ2) is 7.56.